The largest absolute Gasteiger partial charge is 0.326 e. The van der Waals surface area contributed by atoms with Gasteiger partial charge >= 0.3 is 0 Å². The van der Waals surface area contributed by atoms with E-state index in [1.54, 1.807) is 19.2 Å². The molecule has 1 aromatic rings. The fraction of sp³-hybridized carbons (Fsp3) is 0.250. The van der Waals surface area contributed by atoms with Gasteiger partial charge in [0.05, 0.1) is 0 Å². The SMILES string of the molecule is CN=C1NC(=O)[C@@H](CC(=O)Nc2ccccc2)S1. The Bertz CT molecular complexity index is 487. The Morgan fingerprint density at radius 2 is 2.17 bits per heavy atom. The monoisotopic (exact) mass is 263 g/mol. The van der Waals surface area contributed by atoms with Crippen LogP contribution in [-0.4, -0.2) is 29.3 Å². The number of nitrogens with zero attached hydrogens (tertiary/aromatic N) is 1. The lowest BCUT2D eigenvalue weighted by molar-refractivity contribution is -0.122. The molecule has 18 heavy (non-hydrogen) atoms. The van der Waals surface area contributed by atoms with Crippen molar-refractivity contribution in [2.75, 3.05) is 12.4 Å². The first-order chi connectivity index (χ1) is 8.69. The zero-order valence-corrected chi connectivity index (χ0v) is 10.7. The second kappa shape index (κ2) is 5.68. The summed E-state index contributed by atoms with van der Waals surface area (Å²) in [4.78, 5) is 27.2. The van der Waals surface area contributed by atoms with E-state index in [1.165, 1.54) is 11.8 Å². The van der Waals surface area contributed by atoms with Gasteiger partial charge in [-0.05, 0) is 12.1 Å². The van der Waals surface area contributed by atoms with E-state index in [0.717, 1.165) is 5.69 Å². The van der Waals surface area contributed by atoms with Crippen molar-refractivity contribution in [1.29, 1.82) is 0 Å². The highest BCUT2D eigenvalue weighted by atomic mass is 32.2. The van der Waals surface area contributed by atoms with Crippen LogP contribution >= 0.6 is 11.8 Å². The van der Waals surface area contributed by atoms with Crippen LogP contribution in [0.4, 0.5) is 5.69 Å². The first kappa shape index (κ1) is 12.6. The minimum atomic E-state index is -0.396. The van der Waals surface area contributed by atoms with Gasteiger partial charge in [-0.25, -0.2) is 0 Å². The van der Waals surface area contributed by atoms with Crippen LogP contribution in [0.2, 0.25) is 0 Å². The second-order valence-electron chi connectivity index (χ2n) is 3.74. The molecular formula is C12H13N3O2S. The van der Waals surface area contributed by atoms with E-state index in [4.69, 9.17) is 0 Å². The van der Waals surface area contributed by atoms with Crippen LogP contribution in [0.3, 0.4) is 0 Å². The van der Waals surface area contributed by atoms with E-state index < -0.39 is 5.25 Å². The number of thioether (sulfide) groups is 1. The second-order valence-corrected chi connectivity index (χ2v) is 4.93. The predicted molar refractivity (Wildman–Crippen MR) is 72.6 cm³/mol. The lowest BCUT2D eigenvalue weighted by Gasteiger charge is -2.06. The fourth-order valence-corrected chi connectivity index (χ4v) is 2.48. The van der Waals surface area contributed by atoms with Crippen molar-refractivity contribution in [1.82, 2.24) is 5.32 Å². The van der Waals surface area contributed by atoms with Crippen molar-refractivity contribution in [3.63, 3.8) is 0 Å². The standard InChI is InChI=1S/C12H13N3O2S/c1-13-12-15-11(17)9(18-12)7-10(16)14-8-5-3-2-4-6-8/h2-6,9H,7H2,1H3,(H,14,16)(H,13,15,17)/t9-/m1/s1. The predicted octanol–water partition coefficient (Wildman–Crippen LogP) is 1.23. The van der Waals surface area contributed by atoms with Gasteiger partial charge in [-0.1, -0.05) is 30.0 Å². The van der Waals surface area contributed by atoms with Crippen LogP contribution in [0.25, 0.3) is 0 Å². The van der Waals surface area contributed by atoms with Gasteiger partial charge in [-0.15, -0.1) is 0 Å². The number of carbonyl (C=O) groups excluding carboxylic acids is 2. The van der Waals surface area contributed by atoms with Crippen molar-refractivity contribution >= 4 is 34.4 Å². The quantitative estimate of drug-likeness (QED) is 0.861. The summed E-state index contributed by atoms with van der Waals surface area (Å²) in [6.45, 7) is 0. The number of anilines is 1. The third-order valence-corrected chi connectivity index (χ3v) is 3.58. The van der Waals surface area contributed by atoms with Crippen molar-refractivity contribution in [3.05, 3.63) is 30.3 Å². The first-order valence-corrected chi connectivity index (χ1v) is 6.36. The topological polar surface area (TPSA) is 70.6 Å². The molecular weight excluding hydrogens is 250 g/mol. The van der Waals surface area contributed by atoms with E-state index in [0.29, 0.717) is 5.17 Å². The molecule has 0 saturated carbocycles. The number of para-hydroxylation sites is 1. The molecule has 1 saturated heterocycles. The molecule has 1 aliphatic heterocycles. The maximum Gasteiger partial charge on any atom is 0.240 e. The minimum Gasteiger partial charge on any atom is -0.326 e. The molecule has 1 fully saturated rings. The van der Waals surface area contributed by atoms with Crippen LogP contribution < -0.4 is 10.6 Å². The number of nitrogens with one attached hydrogen (secondary N) is 2. The highest BCUT2D eigenvalue weighted by Gasteiger charge is 2.31. The molecule has 0 bridgehead atoms. The van der Waals surface area contributed by atoms with Crippen LogP contribution in [0.15, 0.2) is 35.3 Å². The van der Waals surface area contributed by atoms with Gasteiger partial charge in [0.15, 0.2) is 5.17 Å². The maximum absolute atomic E-state index is 11.8. The number of carbonyl (C=O) groups is 2. The molecule has 94 valence electrons. The smallest absolute Gasteiger partial charge is 0.240 e. The molecule has 1 aliphatic rings. The summed E-state index contributed by atoms with van der Waals surface area (Å²) in [7, 11) is 1.61. The average molecular weight is 263 g/mol. The van der Waals surface area contributed by atoms with Crippen molar-refractivity contribution < 1.29 is 9.59 Å². The number of amidine groups is 1. The molecule has 0 radical (unpaired) electrons. The Hall–Kier alpha value is -1.82. The summed E-state index contributed by atoms with van der Waals surface area (Å²) in [5.74, 6) is -0.338. The normalized spacial score (nSPS) is 20.8. The Balaban J connectivity index is 1.91. The molecule has 1 aromatic carbocycles. The third kappa shape index (κ3) is 3.10. The van der Waals surface area contributed by atoms with Gasteiger partial charge in [0.1, 0.15) is 5.25 Å². The van der Waals surface area contributed by atoms with Gasteiger partial charge in [0, 0.05) is 19.2 Å². The number of hydrogen-bond acceptors (Lipinski definition) is 4. The molecule has 0 aliphatic carbocycles. The maximum atomic E-state index is 11.8. The highest BCUT2D eigenvalue weighted by molar-refractivity contribution is 8.15. The Morgan fingerprint density at radius 1 is 1.44 bits per heavy atom. The Morgan fingerprint density at radius 3 is 2.78 bits per heavy atom. The molecule has 0 unspecified atom stereocenters. The van der Waals surface area contributed by atoms with Crippen LogP contribution in [0, 0.1) is 0 Å². The van der Waals surface area contributed by atoms with Crippen LogP contribution in [-0.2, 0) is 9.59 Å². The van der Waals surface area contributed by atoms with Crippen molar-refractivity contribution in [2.45, 2.75) is 11.7 Å². The molecule has 1 heterocycles. The van der Waals surface area contributed by atoms with E-state index in [9.17, 15) is 9.59 Å². The van der Waals surface area contributed by atoms with E-state index >= 15 is 0 Å². The van der Waals surface area contributed by atoms with Crippen LogP contribution in [0.5, 0.6) is 0 Å². The van der Waals surface area contributed by atoms with E-state index in [2.05, 4.69) is 15.6 Å². The van der Waals surface area contributed by atoms with Crippen molar-refractivity contribution in [2.24, 2.45) is 4.99 Å². The summed E-state index contributed by atoms with van der Waals surface area (Å²) in [5, 5.41) is 5.54. The number of benzene rings is 1. The molecule has 0 spiro atoms. The number of amides is 2. The molecule has 2 rings (SSSR count). The molecule has 0 aromatic heterocycles. The molecule has 1 atom stereocenters. The van der Waals surface area contributed by atoms with Gasteiger partial charge in [-0.2, -0.15) is 0 Å². The zero-order valence-electron chi connectivity index (χ0n) is 9.84. The van der Waals surface area contributed by atoms with E-state index in [1.807, 2.05) is 18.2 Å². The molecule has 5 nitrogen and oxygen atoms in total. The number of rotatable bonds is 3. The number of hydrogen-bond donors (Lipinski definition) is 2. The summed E-state index contributed by atoms with van der Waals surface area (Å²) in [6, 6.07) is 9.17. The van der Waals surface area contributed by atoms with Crippen molar-refractivity contribution in [3.8, 4) is 0 Å². The highest BCUT2D eigenvalue weighted by Crippen LogP contribution is 2.22. The summed E-state index contributed by atoms with van der Waals surface area (Å²) >= 11 is 1.29. The third-order valence-electron chi connectivity index (χ3n) is 2.41. The lowest BCUT2D eigenvalue weighted by atomic mass is 10.2. The summed E-state index contributed by atoms with van der Waals surface area (Å²) in [6.07, 6.45) is 0.143. The number of aliphatic imine (C=N–C) groups is 1. The minimum absolute atomic E-state index is 0.143. The molecule has 6 heteroatoms. The lowest BCUT2D eigenvalue weighted by Crippen LogP contribution is -2.28. The first-order valence-electron chi connectivity index (χ1n) is 5.48. The Labute approximate surface area is 109 Å². The molecule has 2 N–H and O–H groups in total. The zero-order chi connectivity index (χ0) is 13.0. The Kier molecular flexibility index (Phi) is 3.99. The summed E-state index contributed by atoms with van der Waals surface area (Å²) in [5.41, 5.74) is 0.732. The van der Waals surface area contributed by atoms with Gasteiger partial charge in [0.2, 0.25) is 11.8 Å². The molecule has 2 amide bonds. The van der Waals surface area contributed by atoms with Gasteiger partial charge in [0.25, 0.3) is 0 Å². The summed E-state index contributed by atoms with van der Waals surface area (Å²) < 4.78 is 0. The van der Waals surface area contributed by atoms with Gasteiger partial charge in [-0.3, -0.25) is 14.6 Å². The van der Waals surface area contributed by atoms with Crippen LogP contribution in [0.1, 0.15) is 6.42 Å². The van der Waals surface area contributed by atoms with Gasteiger partial charge < -0.3 is 10.6 Å². The van der Waals surface area contributed by atoms with E-state index in [-0.39, 0.29) is 18.2 Å². The fourth-order valence-electron chi connectivity index (χ4n) is 1.55. The average Bonchev–Trinajstić information content (AvgIpc) is 2.71.